The van der Waals surface area contributed by atoms with Gasteiger partial charge in [-0.3, -0.25) is 0 Å². The van der Waals surface area contributed by atoms with Crippen LogP contribution in [0, 0.1) is 12.8 Å². The Morgan fingerprint density at radius 1 is 0.943 bits per heavy atom. The first-order valence-electron chi connectivity index (χ1n) is 13.2. The first kappa shape index (κ1) is 31.4. The standard InChI is InChI=1S/C27H51BrO4Si3/c1-15-24-20(5)25(30-33(6,7)8)26(31-34(9,10)11)27(29-24,32-35(12,13)14)22-17-23(28)21(18(2)3)16-19(22)4/h16-18,20,24-26H,15H2,1-14H3/t20-,24+,25-,26-,27?/m0/s1. The molecule has 1 unspecified atom stereocenters. The van der Waals surface area contributed by atoms with E-state index >= 15 is 0 Å². The molecular formula is C27H51BrO4Si3. The Morgan fingerprint density at radius 2 is 1.49 bits per heavy atom. The van der Waals surface area contributed by atoms with E-state index in [2.05, 4.69) is 122 Å². The Morgan fingerprint density at radius 3 is 1.91 bits per heavy atom. The van der Waals surface area contributed by atoms with Crippen LogP contribution in [-0.4, -0.2) is 43.3 Å². The van der Waals surface area contributed by atoms with E-state index in [9.17, 15) is 0 Å². The number of rotatable bonds is 9. The van der Waals surface area contributed by atoms with Crippen molar-refractivity contribution in [2.45, 2.75) is 130 Å². The molecule has 35 heavy (non-hydrogen) atoms. The summed E-state index contributed by atoms with van der Waals surface area (Å²) in [7, 11) is -5.99. The van der Waals surface area contributed by atoms with E-state index < -0.39 is 30.7 Å². The Bertz CT molecular complexity index is 873. The summed E-state index contributed by atoms with van der Waals surface area (Å²) in [6.45, 7) is 31.4. The topological polar surface area (TPSA) is 36.9 Å². The number of halogens is 1. The molecule has 0 aromatic heterocycles. The molecule has 4 nitrogen and oxygen atoms in total. The highest BCUT2D eigenvalue weighted by Gasteiger charge is 2.59. The fraction of sp³-hybridized carbons (Fsp3) is 0.778. The lowest BCUT2D eigenvalue weighted by Gasteiger charge is -2.56. The average molecular weight is 604 g/mol. The summed E-state index contributed by atoms with van der Waals surface area (Å²) in [6, 6.07) is 4.53. The second-order valence-corrected chi connectivity index (χ2v) is 27.7. The quantitative estimate of drug-likeness (QED) is 0.265. The van der Waals surface area contributed by atoms with Crippen molar-refractivity contribution < 1.29 is 18.0 Å². The summed E-state index contributed by atoms with van der Waals surface area (Å²) in [4.78, 5) is 0. The lowest BCUT2D eigenvalue weighted by atomic mass is 9.81. The summed E-state index contributed by atoms with van der Waals surface area (Å²) in [5.41, 5.74) is 3.53. The molecule has 0 amide bonds. The molecule has 0 saturated carbocycles. The normalized spacial score (nSPS) is 28.6. The first-order chi connectivity index (χ1) is 15.7. The maximum absolute atomic E-state index is 7.20. The van der Waals surface area contributed by atoms with Crippen LogP contribution in [0.2, 0.25) is 58.9 Å². The van der Waals surface area contributed by atoms with E-state index in [0.717, 1.165) is 16.5 Å². The van der Waals surface area contributed by atoms with E-state index in [1.165, 1.54) is 11.1 Å². The average Bonchev–Trinajstić information content (AvgIpc) is 2.65. The fourth-order valence-corrected chi connectivity index (χ4v) is 9.18. The zero-order valence-corrected chi connectivity index (χ0v) is 29.3. The molecule has 1 fully saturated rings. The fourth-order valence-electron chi connectivity index (χ4n) is 4.99. The Hall–Kier alpha value is 0.191. The molecule has 2 rings (SSSR count). The highest BCUT2D eigenvalue weighted by atomic mass is 79.9. The van der Waals surface area contributed by atoms with Crippen LogP contribution in [0.4, 0.5) is 0 Å². The summed E-state index contributed by atoms with van der Waals surface area (Å²) in [5.74, 6) is -0.409. The minimum Gasteiger partial charge on any atom is -0.412 e. The number of hydrogen-bond acceptors (Lipinski definition) is 4. The zero-order chi connectivity index (χ0) is 27.1. The van der Waals surface area contributed by atoms with Crippen LogP contribution in [0.5, 0.6) is 0 Å². The van der Waals surface area contributed by atoms with E-state index in [0.29, 0.717) is 5.92 Å². The van der Waals surface area contributed by atoms with Crippen molar-refractivity contribution in [1.82, 2.24) is 0 Å². The molecule has 0 radical (unpaired) electrons. The van der Waals surface area contributed by atoms with Crippen LogP contribution in [-0.2, 0) is 23.8 Å². The molecule has 8 heteroatoms. The Balaban J connectivity index is 2.92. The molecule has 1 heterocycles. The van der Waals surface area contributed by atoms with Gasteiger partial charge in [0.2, 0.25) is 5.79 Å². The molecule has 1 aromatic rings. The number of ether oxygens (including phenoxy) is 1. The molecule has 1 saturated heterocycles. The van der Waals surface area contributed by atoms with Crippen molar-refractivity contribution in [3.63, 3.8) is 0 Å². The summed E-state index contributed by atoms with van der Waals surface area (Å²) >= 11 is 3.89. The first-order valence-corrected chi connectivity index (χ1v) is 24.3. The van der Waals surface area contributed by atoms with Crippen molar-refractivity contribution in [3.05, 3.63) is 33.3 Å². The van der Waals surface area contributed by atoms with Crippen molar-refractivity contribution in [2.24, 2.45) is 5.92 Å². The van der Waals surface area contributed by atoms with Gasteiger partial charge in [-0.15, -0.1) is 0 Å². The van der Waals surface area contributed by atoms with Crippen LogP contribution in [0.25, 0.3) is 0 Å². The molecule has 0 spiro atoms. The third-order valence-corrected chi connectivity index (χ3v) is 9.82. The van der Waals surface area contributed by atoms with Crippen molar-refractivity contribution in [3.8, 4) is 0 Å². The predicted octanol–water partition coefficient (Wildman–Crippen LogP) is 8.77. The molecule has 0 aliphatic carbocycles. The molecule has 1 aliphatic rings. The number of benzene rings is 1. The van der Waals surface area contributed by atoms with Gasteiger partial charge in [-0.25, -0.2) is 0 Å². The lowest BCUT2D eigenvalue weighted by Crippen LogP contribution is -2.67. The van der Waals surface area contributed by atoms with Crippen molar-refractivity contribution in [1.29, 1.82) is 0 Å². The molecule has 5 atom stereocenters. The molecule has 202 valence electrons. The van der Waals surface area contributed by atoms with E-state index in [4.69, 9.17) is 18.0 Å². The van der Waals surface area contributed by atoms with Gasteiger partial charge in [0, 0.05) is 16.0 Å². The van der Waals surface area contributed by atoms with Gasteiger partial charge in [0.25, 0.3) is 0 Å². The monoisotopic (exact) mass is 602 g/mol. The molecule has 1 aromatic carbocycles. The Labute approximate surface area is 227 Å². The van der Waals surface area contributed by atoms with E-state index in [1.54, 1.807) is 0 Å². The Kier molecular flexibility index (Phi) is 9.98. The van der Waals surface area contributed by atoms with Crippen molar-refractivity contribution in [2.75, 3.05) is 0 Å². The molecular weight excluding hydrogens is 552 g/mol. The zero-order valence-electron chi connectivity index (χ0n) is 24.8. The maximum atomic E-state index is 7.20. The third kappa shape index (κ3) is 7.85. The summed E-state index contributed by atoms with van der Waals surface area (Å²) < 4.78 is 29.5. The van der Waals surface area contributed by atoms with Gasteiger partial charge in [0.1, 0.15) is 6.10 Å². The van der Waals surface area contributed by atoms with Gasteiger partial charge in [-0.1, -0.05) is 49.7 Å². The van der Waals surface area contributed by atoms with Crippen LogP contribution >= 0.6 is 15.9 Å². The molecule has 0 N–H and O–H groups in total. The van der Waals surface area contributed by atoms with Gasteiger partial charge in [-0.05, 0) is 95.4 Å². The second kappa shape index (κ2) is 11.1. The van der Waals surface area contributed by atoms with Gasteiger partial charge < -0.3 is 18.0 Å². The van der Waals surface area contributed by atoms with E-state index in [-0.39, 0.29) is 24.2 Å². The van der Waals surface area contributed by atoms with Crippen LogP contribution in [0.3, 0.4) is 0 Å². The highest BCUT2D eigenvalue weighted by Crippen LogP contribution is 2.49. The number of hydrogen-bond donors (Lipinski definition) is 0. The van der Waals surface area contributed by atoms with Crippen LogP contribution in [0.15, 0.2) is 16.6 Å². The SMILES string of the molecule is CC[C@H]1OC(O[Si](C)(C)C)(c2cc(Br)c(C(C)C)cc2C)[C@@H](O[Si](C)(C)C)[C@@H](O[Si](C)(C)C)[C@H]1C. The third-order valence-electron chi connectivity index (χ3n) is 6.28. The number of aryl methyl sites for hydroxylation is 1. The largest absolute Gasteiger partial charge is 0.412 e. The predicted molar refractivity (Wildman–Crippen MR) is 160 cm³/mol. The van der Waals surface area contributed by atoms with Gasteiger partial charge in [0.15, 0.2) is 25.0 Å². The lowest BCUT2D eigenvalue weighted by molar-refractivity contribution is -0.329. The molecule has 1 aliphatic heterocycles. The van der Waals surface area contributed by atoms with Crippen molar-refractivity contribution >= 4 is 40.9 Å². The van der Waals surface area contributed by atoms with E-state index in [1.807, 2.05) is 0 Å². The smallest absolute Gasteiger partial charge is 0.214 e. The molecule has 0 bridgehead atoms. The second-order valence-electron chi connectivity index (χ2n) is 13.5. The van der Waals surface area contributed by atoms with Gasteiger partial charge in [0.05, 0.1) is 12.2 Å². The van der Waals surface area contributed by atoms with Gasteiger partial charge >= 0.3 is 0 Å². The van der Waals surface area contributed by atoms with Crippen LogP contribution in [0.1, 0.15) is 56.7 Å². The summed E-state index contributed by atoms with van der Waals surface area (Å²) in [5, 5.41) is 0. The van der Waals surface area contributed by atoms with Gasteiger partial charge in [-0.2, -0.15) is 0 Å². The van der Waals surface area contributed by atoms with Crippen LogP contribution < -0.4 is 0 Å². The minimum atomic E-state index is -2.09. The summed E-state index contributed by atoms with van der Waals surface area (Å²) in [6.07, 6.45) is 0.456. The maximum Gasteiger partial charge on any atom is 0.214 e. The highest BCUT2D eigenvalue weighted by molar-refractivity contribution is 9.10. The minimum absolute atomic E-state index is 0.0112.